The van der Waals surface area contributed by atoms with Crippen molar-refractivity contribution < 1.29 is 4.79 Å². The van der Waals surface area contributed by atoms with Crippen molar-refractivity contribution in [2.75, 3.05) is 26.2 Å². The normalized spacial score (nSPS) is 20.6. The maximum atomic E-state index is 12.3. The largest absolute Gasteiger partial charge is 0.343 e. The lowest BCUT2D eigenvalue weighted by Gasteiger charge is -2.37. The summed E-state index contributed by atoms with van der Waals surface area (Å²) in [6, 6.07) is 3.15. The monoisotopic (exact) mass is 318 g/mol. The third-order valence-electron chi connectivity index (χ3n) is 5.27. The number of nitrogens with zero attached hydrogens (tertiary/aromatic N) is 2. The standard InChI is InChI=1S/C17H26N4O2/c22-16-3-1-15(19-20-16)2-4-17(23)21-11-7-14(8-12-21)13-5-9-18-10-6-13/h1,3,13-14,18H,2,4-12H2,(H,20,22). The second-order valence-corrected chi connectivity index (χ2v) is 6.72. The molecule has 0 saturated carbocycles. The summed E-state index contributed by atoms with van der Waals surface area (Å²) in [5.74, 6) is 1.85. The van der Waals surface area contributed by atoms with E-state index in [1.54, 1.807) is 6.07 Å². The van der Waals surface area contributed by atoms with Gasteiger partial charge in [-0.3, -0.25) is 9.59 Å². The highest BCUT2D eigenvalue weighted by Gasteiger charge is 2.28. The van der Waals surface area contributed by atoms with E-state index in [-0.39, 0.29) is 11.5 Å². The van der Waals surface area contributed by atoms with Crippen LogP contribution >= 0.6 is 0 Å². The van der Waals surface area contributed by atoms with Gasteiger partial charge in [-0.05, 0) is 56.7 Å². The lowest BCUT2D eigenvalue weighted by molar-refractivity contribution is -0.132. The van der Waals surface area contributed by atoms with Crippen LogP contribution in [0.2, 0.25) is 0 Å². The number of likely N-dealkylation sites (tertiary alicyclic amines) is 1. The minimum atomic E-state index is -0.208. The molecule has 0 radical (unpaired) electrons. The van der Waals surface area contributed by atoms with Crippen LogP contribution in [0.3, 0.4) is 0 Å². The van der Waals surface area contributed by atoms with E-state index in [2.05, 4.69) is 15.5 Å². The van der Waals surface area contributed by atoms with Gasteiger partial charge in [0, 0.05) is 32.0 Å². The molecule has 1 aromatic rings. The number of piperidine rings is 2. The van der Waals surface area contributed by atoms with Crippen LogP contribution in [0.4, 0.5) is 0 Å². The molecule has 2 fully saturated rings. The Labute approximate surface area is 136 Å². The number of hydrogen-bond donors (Lipinski definition) is 2. The maximum Gasteiger partial charge on any atom is 0.264 e. The molecule has 23 heavy (non-hydrogen) atoms. The van der Waals surface area contributed by atoms with E-state index in [1.807, 2.05) is 4.90 Å². The van der Waals surface area contributed by atoms with E-state index >= 15 is 0 Å². The first-order valence-corrected chi connectivity index (χ1v) is 8.75. The Morgan fingerprint density at radius 3 is 2.48 bits per heavy atom. The number of aromatic nitrogens is 2. The summed E-state index contributed by atoms with van der Waals surface area (Å²) in [6.07, 6.45) is 5.93. The summed E-state index contributed by atoms with van der Waals surface area (Å²) in [7, 11) is 0. The van der Waals surface area contributed by atoms with Crippen molar-refractivity contribution in [2.45, 2.75) is 38.5 Å². The van der Waals surface area contributed by atoms with Gasteiger partial charge >= 0.3 is 0 Å². The molecule has 2 aliphatic heterocycles. The molecule has 6 nitrogen and oxygen atoms in total. The molecule has 0 spiro atoms. The highest BCUT2D eigenvalue weighted by molar-refractivity contribution is 5.76. The van der Waals surface area contributed by atoms with Crippen molar-refractivity contribution in [2.24, 2.45) is 11.8 Å². The third kappa shape index (κ3) is 4.41. The number of hydrogen-bond acceptors (Lipinski definition) is 4. The number of aryl methyl sites for hydroxylation is 1. The number of nitrogens with one attached hydrogen (secondary N) is 2. The summed E-state index contributed by atoms with van der Waals surface area (Å²) in [5.41, 5.74) is 0.558. The highest BCUT2D eigenvalue weighted by Crippen LogP contribution is 2.30. The van der Waals surface area contributed by atoms with Crippen molar-refractivity contribution in [3.63, 3.8) is 0 Å². The van der Waals surface area contributed by atoms with Gasteiger partial charge in [-0.1, -0.05) is 0 Å². The summed E-state index contributed by atoms with van der Waals surface area (Å²) < 4.78 is 0. The van der Waals surface area contributed by atoms with E-state index < -0.39 is 0 Å². The predicted molar refractivity (Wildman–Crippen MR) is 88.1 cm³/mol. The number of carbonyl (C=O) groups excluding carboxylic acids is 1. The van der Waals surface area contributed by atoms with E-state index in [4.69, 9.17) is 0 Å². The van der Waals surface area contributed by atoms with E-state index in [9.17, 15) is 9.59 Å². The van der Waals surface area contributed by atoms with Crippen LogP contribution < -0.4 is 10.9 Å². The SMILES string of the molecule is O=C(CCc1ccc(=O)[nH]n1)N1CCC(C2CCNCC2)CC1. The van der Waals surface area contributed by atoms with Gasteiger partial charge in [-0.25, -0.2) is 5.10 Å². The van der Waals surface area contributed by atoms with Gasteiger partial charge in [-0.2, -0.15) is 5.10 Å². The van der Waals surface area contributed by atoms with Crippen molar-refractivity contribution in [3.05, 3.63) is 28.2 Å². The molecule has 1 aromatic heterocycles. The fourth-order valence-corrected chi connectivity index (χ4v) is 3.84. The van der Waals surface area contributed by atoms with E-state index in [0.29, 0.717) is 12.8 Å². The van der Waals surface area contributed by atoms with Crippen LogP contribution in [-0.4, -0.2) is 47.2 Å². The minimum absolute atomic E-state index is 0.208. The van der Waals surface area contributed by atoms with Gasteiger partial charge in [0.1, 0.15) is 0 Å². The Morgan fingerprint density at radius 2 is 1.83 bits per heavy atom. The molecule has 3 rings (SSSR count). The average molecular weight is 318 g/mol. The summed E-state index contributed by atoms with van der Waals surface area (Å²) in [5, 5.41) is 9.79. The molecule has 2 N–H and O–H groups in total. The smallest absolute Gasteiger partial charge is 0.264 e. The van der Waals surface area contributed by atoms with E-state index in [0.717, 1.165) is 56.6 Å². The molecule has 0 atom stereocenters. The van der Waals surface area contributed by atoms with Gasteiger partial charge in [0.25, 0.3) is 5.56 Å². The second-order valence-electron chi connectivity index (χ2n) is 6.72. The Kier molecular flexibility index (Phi) is 5.43. The van der Waals surface area contributed by atoms with Gasteiger partial charge in [0.2, 0.25) is 5.91 Å². The van der Waals surface area contributed by atoms with Crippen LogP contribution in [0.15, 0.2) is 16.9 Å². The number of carbonyl (C=O) groups is 1. The molecular weight excluding hydrogens is 292 g/mol. The maximum absolute atomic E-state index is 12.3. The zero-order valence-corrected chi connectivity index (χ0v) is 13.6. The summed E-state index contributed by atoms with van der Waals surface area (Å²) in [6.45, 7) is 4.09. The molecule has 126 valence electrons. The van der Waals surface area contributed by atoms with Crippen molar-refractivity contribution in [1.82, 2.24) is 20.4 Å². The van der Waals surface area contributed by atoms with Crippen LogP contribution in [0.1, 0.15) is 37.8 Å². The lowest BCUT2D eigenvalue weighted by Crippen LogP contribution is -2.42. The first kappa shape index (κ1) is 16.2. The van der Waals surface area contributed by atoms with Crippen LogP contribution in [0, 0.1) is 11.8 Å². The van der Waals surface area contributed by atoms with Gasteiger partial charge < -0.3 is 10.2 Å². The van der Waals surface area contributed by atoms with Gasteiger partial charge in [0.05, 0.1) is 5.69 Å². The first-order valence-electron chi connectivity index (χ1n) is 8.75. The molecule has 3 heterocycles. The topological polar surface area (TPSA) is 78.1 Å². The first-order chi connectivity index (χ1) is 11.2. The zero-order valence-electron chi connectivity index (χ0n) is 13.6. The predicted octanol–water partition coefficient (Wildman–Crippen LogP) is 0.941. The highest BCUT2D eigenvalue weighted by atomic mass is 16.2. The van der Waals surface area contributed by atoms with Gasteiger partial charge in [-0.15, -0.1) is 0 Å². The van der Waals surface area contributed by atoms with Crippen molar-refractivity contribution >= 4 is 5.91 Å². The molecule has 0 bridgehead atoms. The molecule has 2 aliphatic rings. The second kappa shape index (κ2) is 7.73. The number of aromatic amines is 1. The Hall–Kier alpha value is -1.69. The van der Waals surface area contributed by atoms with Crippen LogP contribution in [0.5, 0.6) is 0 Å². The molecule has 1 amide bonds. The fraction of sp³-hybridized carbons (Fsp3) is 0.706. The summed E-state index contributed by atoms with van der Waals surface area (Å²) in [4.78, 5) is 25.3. The molecule has 0 aliphatic carbocycles. The Bertz CT molecular complexity index is 552. The molecule has 0 aromatic carbocycles. The fourth-order valence-electron chi connectivity index (χ4n) is 3.84. The molecular formula is C17H26N4O2. The van der Waals surface area contributed by atoms with Crippen LogP contribution in [-0.2, 0) is 11.2 Å². The Morgan fingerprint density at radius 1 is 1.13 bits per heavy atom. The number of rotatable bonds is 4. The quantitative estimate of drug-likeness (QED) is 0.866. The number of H-pyrrole nitrogens is 1. The Balaban J connectivity index is 1.42. The number of amides is 1. The van der Waals surface area contributed by atoms with Crippen LogP contribution in [0.25, 0.3) is 0 Å². The van der Waals surface area contributed by atoms with Gasteiger partial charge in [0.15, 0.2) is 0 Å². The third-order valence-corrected chi connectivity index (χ3v) is 5.27. The van der Waals surface area contributed by atoms with Crippen molar-refractivity contribution in [1.29, 1.82) is 0 Å². The summed E-state index contributed by atoms with van der Waals surface area (Å²) >= 11 is 0. The lowest BCUT2D eigenvalue weighted by atomic mass is 9.79. The average Bonchev–Trinajstić information content (AvgIpc) is 2.62. The molecule has 0 unspecified atom stereocenters. The van der Waals surface area contributed by atoms with E-state index in [1.165, 1.54) is 18.9 Å². The van der Waals surface area contributed by atoms with Crippen molar-refractivity contribution in [3.8, 4) is 0 Å². The zero-order chi connectivity index (χ0) is 16.1. The minimum Gasteiger partial charge on any atom is -0.343 e. The molecule has 2 saturated heterocycles. The molecule has 6 heteroatoms.